The van der Waals surface area contributed by atoms with Gasteiger partial charge in [0.05, 0.1) is 0 Å². The van der Waals surface area contributed by atoms with Crippen LogP contribution in [0.25, 0.3) is 83.3 Å². The Hall–Kier alpha value is -5.20. The SMILES string of the molecule is C=Cc1ccc(-c2ccc3c(-c4ccccc4)ccc4c3c2-c2c-4ccc3c(-c4ccccc4)cccc23)cc1. The summed E-state index contributed by atoms with van der Waals surface area (Å²) in [5, 5.41) is 5.23. The van der Waals surface area contributed by atoms with Gasteiger partial charge in [-0.2, -0.15) is 0 Å². The maximum atomic E-state index is 3.95. The van der Waals surface area contributed by atoms with Crippen LogP contribution in [0.15, 0.2) is 146 Å². The number of rotatable bonds is 4. The van der Waals surface area contributed by atoms with Gasteiger partial charge in [0.1, 0.15) is 0 Å². The fourth-order valence-corrected chi connectivity index (χ4v) is 6.56. The van der Waals surface area contributed by atoms with Crippen molar-refractivity contribution >= 4 is 27.6 Å². The zero-order chi connectivity index (χ0) is 26.6. The molecule has 186 valence electrons. The van der Waals surface area contributed by atoms with Gasteiger partial charge in [0, 0.05) is 0 Å². The van der Waals surface area contributed by atoms with Crippen LogP contribution in [-0.4, -0.2) is 0 Å². The summed E-state index contributed by atoms with van der Waals surface area (Å²) in [7, 11) is 0. The molecule has 0 fully saturated rings. The average molecular weight is 507 g/mol. The summed E-state index contributed by atoms with van der Waals surface area (Å²) in [6.07, 6.45) is 1.90. The van der Waals surface area contributed by atoms with Crippen LogP contribution in [0.2, 0.25) is 0 Å². The van der Waals surface area contributed by atoms with Crippen molar-refractivity contribution in [2.24, 2.45) is 0 Å². The van der Waals surface area contributed by atoms with Crippen LogP contribution < -0.4 is 0 Å². The highest BCUT2D eigenvalue weighted by atomic mass is 14.3. The zero-order valence-electron chi connectivity index (χ0n) is 22.1. The van der Waals surface area contributed by atoms with E-state index in [1.54, 1.807) is 0 Å². The molecule has 0 bridgehead atoms. The molecule has 7 aromatic rings. The third-order valence-electron chi connectivity index (χ3n) is 8.41. The zero-order valence-corrected chi connectivity index (χ0v) is 22.1. The predicted octanol–water partition coefficient (Wildman–Crippen LogP) is 11.3. The molecule has 0 spiro atoms. The smallest absolute Gasteiger partial charge is 0.000785 e. The summed E-state index contributed by atoms with van der Waals surface area (Å²) in [4.78, 5) is 0. The molecule has 0 N–H and O–H groups in total. The second-order valence-corrected chi connectivity index (χ2v) is 10.5. The summed E-state index contributed by atoms with van der Waals surface area (Å²) in [6, 6.07) is 51.0. The number of fused-ring (bicyclic) bond motifs is 5. The molecule has 0 aliphatic heterocycles. The highest BCUT2D eigenvalue weighted by Gasteiger charge is 2.28. The monoisotopic (exact) mass is 506 g/mol. The summed E-state index contributed by atoms with van der Waals surface area (Å²) < 4.78 is 0. The van der Waals surface area contributed by atoms with Crippen molar-refractivity contribution in [2.45, 2.75) is 0 Å². The van der Waals surface area contributed by atoms with Crippen LogP contribution in [0.4, 0.5) is 0 Å². The quantitative estimate of drug-likeness (QED) is 0.223. The molecule has 0 saturated heterocycles. The fourth-order valence-electron chi connectivity index (χ4n) is 6.56. The first-order valence-corrected chi connectivity index (χ1v) is 13.8. The Balaban J connectivity index is 1.49. The van der Waals surface area contributed by atoms with Gasteiger partial charge in [-0.3, -0.25) is 0 Å². The Labute approximate surface area is 234 Å². The molecule has 0 unspecified atom stereocenters. The van der Waals surface area contributed by atoms with Crippen molar-refractivity contribution < 1.29 is 0 Å². The predicted molar refractivity (Wildman–Crippen MR) is 172 cm³/mol. The van der Waals surface area contributed by atoms with E-state index in [0.717, 1.165) is 5.56 Å². The molecule has 0 aromatic heterocycles. The van der Waals surface area contributed by atoms with Crippen LogP contribution in [0.3, 0.4) is 0 Å². The van der Waals surface area contributed by atoms with E-state index in [2.05, 4.69) is 146 Å². The van der Waals surface area contributed by atoms with Crippen molar-refractivity contribution in [3.8, 4) is 55.6 Å². The van der Waals surface area contributed by atoms with Crippen LogP contribution in [0, 0.1) is 0 Å². The van der Waals surface area contributed by atoms with Gasteiger partial charge in [-0.15, -0.1) is 0 Å². The summed E-state index contributed by atoms with van der Waals surface area (Å²) in [5.74, 6) is 0. The van der Waals surface area contributed by atoms with E-state index >= 15 is 0 Å². The molecule has 8 rings (SSSR count). The Morgan fingerprint density at radius 3 is 1.62 bits per heavy atom. The highest BCUT2D eigenvalue weighted by Crippen LogP contribution is 2.55. The maximum Gasteiger partial charge on any atom is -0.000785 e. The first kappa shape index (κ1) is 22.8. The lowest BCUT2D eigenvalue weighted by atomic mass is 9.87. The van der Waals surface area contributed by atoms with Gasteiger partial charge in [-0.25, -0.2) is 0 Å². The molecule has 1 aliphatic rings. The van der Waals surface area contributed by atoms with Gasteiger partial charge < -0.3 is 0 Å². The van der Waals surface area contributed by atoms with E-state index in [0.29, 0.717) is 0 Å². The standard InChI is InChI=1S/C40H26/c1-2-26-16-18-29(19-17-26)32-21-24-35-31(28-12-7-4-8-13-28)20-23-36-37-25-22-33-30(27-10-5-3-6-11-27)14-9-15-34(33)38(37)40(32)39(35)36/h2-25H,1H2. The number of hydrogen-bond acceptors (Lipinski definition) is 0. The first-order chi connectivity index (χ1) is 19.8. The molecule has 7 aromatic carbocycles. The molecular weight excluding hydrogens is 480 g/mol. The second kappa shape index (κ2) is 8.93. The average Bonchev–Trinajstić information content (AvgIpc) is 3.38. The molecule has 40 heavy (non-hydrogen) atoms. The highest BCUT2D eigenvalue weighted by molar-refractivity contribution is 6.27. The van der Waals surface area contributed by atoms with Gasteiger partial charge in [0.15, 0.2) is 0 Å². The van der Waals surface area contributed by atoms with Crippen LogP contribution in [-0.2, 0) is 0 Å². The summed E-state index contributed by atoms with van der Waals surface area (Å²) in [5.41, 5.74) is 14.0. The summed E-state index contributed by atoms with van der Waals surface area (Å²) in [6.45, 7) is 3.95. The lowest BCUT2D eigenvalue weighted by Crippen LogP contribution is -1.89. The van der Waals surface area contributed by atoms with Crippen LogP contribution in [0.1, 0.15) is 5.56 Å². The van der Waals surface area contributed by atoms with Gasteiger partial charge in [0.25, 0.3) is 0 Å². The normalized spacial score (nSPS) is 11.6. The van der Waals surface area contributed by atoms with Crippen LogP contribution in [0.5, 0.6) is 0 Å². The molecule has 0 amide bonds. The largest absolute Gasteiger partial charge is 0.0985 e. The maximum absolute atomic E-state index is 3.95. The number of benzene rings is 7. The minimum Gasteiger partial charge on any atom is -0.0985 e. The molecule has 0 atom stereocenters. The van der Waals surface area contributed by atoms with Crippen molar-refractivity contribution in [2.75, 3.05) is 0 Å². The van der Waals surface area contributed by atoms with Gasteiger partial charge in [-0.1, -0.05) is 152 Å². The number of hydrogen-bond donors (Lipinski definition) is 0. The van der Waals surface area contributed by atoms with Gasteiger partial charge in [0.2, 0.25) is 0 Å². The molecule has 0 heterocycles. The molecule has 1 aliphatic carbocycles. The van der Waals surface area contributed by atoms with E-state index in [1.807, 2.05) is 6.08 Å². The Kier molecular flexibility index (Phi) is 5.08. The molecule has 0 radical (unpaired) electrons. The van der Waals surface area contributed by atoms with E-state index in [-0.39, 0.29) is 0 Å². The Bertz CT molecular complexity index is 2080. The lowest BCUT2D eigenvalue weighted by Gasteiger charge is -2.15. The van der Waals surface area contributed by atoms with E-state index < -0.39 is 0 Å². The first-order valence-electron chi connectivity index (χ1n) is 13.8. The Morgan fingerprint density at radius 2 is 0.925 bits per heavy atom. The minimum atomic E-state index is 1.13. The van der Waals surface area contributed by atoms with Crippen molar-refractivity contribution in [1.82, 2.24) is 0 Å². The van der Waals surface area contributed by atoms with Gasteiger partial charge >= 0.3 is 0 Å². The lowest BCUT2D eigenvalue weighted by molar-refractivity contribution is 1.62. The molecular formula is C40H26. The minimum absolute atomic E-state index is 1.13. The van der Waals surface area contributed by atoms with E-state index in [1.165, 1.54) is 77.2 Å². The fraction of sp³-hybridized carbons (Fsp3) is 0. The third kappa shape index (κ3) is 3.33. The van der Waals surface area contributed by atoms with Crippen LogP contribution >= 0.6 is 0 Å². The molecule has 0 nitrogen and oxygen atoms in total. The van der Waals surface area contributed by atoms with E-state index in [4.69, 9.17) is 0 Å². The molecule has 0 saturated carbocycles. The molecule has 0 heteroatoms. The summed E-state index contributed by atoms with van der Waals surface area (Å²) >= 11 is 0. The van der Waals surface area contributed by atoms with Crippen molar-refractivity contribution in [3.63, 3.8) is 0 Å². The second-order valence-electron chi connectivity index (χ2n) is 10.5. The van der Waals surface area contributed by atoms with Crippen molar-refractivity contribution in [3.05, 3.63) is 152 Å². The van der Waals surface area contributed by atoms with E-state index in [9.17, 15) is 0 Å². The Morgan fingerprint density at radius 1 is 0.350 bits per heavy atom. The van der Waals surface area contributed by atoms with Gasteiger partial charge in [-0.05, 0) is 82.7 Å². The third-order valence-corrected chi connectivity index (χ3v) is 8.41. The van der Waals surface area contributed by atoms with Crippen molar-refractivity contribution in [1.29, 1.82) is 0 Å². The topological polar surface area (TPSA) is 0 Å².